The van der Waals surface area contributed by atoms with Crippen molar-refractivity contribution in [2.24, 2.45) is 0 Å². The highest BCUT2D eigenvalue weighted by Gasteiger charge is 2.32. The second kappa shape index (κ2) is 8.71. The van der Waals surface area contributed by atoms with Gasteiger partial charge < -0.3 is 10.1 Å². The van der Waals surface area contributed by atoms with Gasteiger partial charge in [0.15, 0.2) is 6.10 Å². The first kappa shape index (κ1) is 22.0. The van der Waals surface area contributed by atoms with E-state index in [1.165, 1.54) is 35.5 Å². The van der Waals surface area contributed by atoms with Crippen molar-refractivity contribution in [3.63, 3.8) is 0 Å². The average molecular weight is 458 g/mol. The van der Waals surface area contributed by atoms with Gasteiger partial charge in [0.05, 0.1) is 10.5 Å². The van der Waals surface area contributed by atoms with Crippen molar-refractivity contribution in [3.05, 3.63) is 65.2 Å². The van der Waals surface area contributed by atoms with Crippen LogP contribution in [0.4, 0.5) is 4.79 Å². The molecule has 2 aromatic rings. The monoisotopic (exact) mass is 457 g/mol. The number of nitrogens with zero attached hydrogens (tertiary/aromatic N) is 2. The normalized spacial score (nSPS) is 17.4. The van der Waals surface area contributed by atoms with Gasteiger partial charge in [0, 0.05) is 26.2 Å². The largest absolute Gasteiger partial charge is 0.449 e. The van der Waals surface area contributed by atoms with Gasteiger partial charge in [-0.25, -0.2) is 18.0 Å². The lowest BCUT2D eigenvalue weighted by Crippen LogP contribution is -2.41. The van der Waals surface area contributed by atoms with E-state index in [0.717, 1.165) is 16.0 Å². The molecule has 2 heterocycles. The Morgan fingerprint density at radius 1 is 1.06 bits per heavy atom. The first-order valence-electron chi connectivity index (χ1n) is 10.2. The van der Waals surface area contributed by atoms with Crippen molar-refractivity contribution in [3.8, 4) is 0 Å². The summed E-state index contributed by atoms with van der Waals surface area (Å²) in [5.41, 5.74) is 2.09. The zero-order valence-electron chi connectivity index (χ0n) is 17.5. The van der Waals surface area contributed by atoms with Crippen LogP contribution in [0, 0.1) is 0 Å². The summed E-state index contributed by atoms with van der Waals surface area (Å²) in [6.07, 6.45) is -0.578. The van der Waals surface area contributed by atoms with Gasteiger partial charge in [-0.15, -0.1) is 0 Å². The molecule has 10 heteroatoms. The van der Waals surface area contributed by atoms with Crippen molar-refractivity contribution in [2.45, 2.75) is 30.9 Å². The number of sulfonamides is 1. The highest BCUT2D eigenvalue weighted by atomic mass is 32.2. The Bertz CT molecular complexity index is 1180. The summed E-state index contributed by atoms with van der Waals surface area (Å²) < 4.78 is 32.9. The fraction of sp³-hybridized carbons (Fsp3) is 0.318. The third-order valence-corrected chi connectivity index (χ3v) is 7.40. The van der Waals surface area contributed by atoms with Gasteiger partial charge in [0.1, 0.15) is 0 Å². The number of amides is 3. The molecule has 2 aromatic carbocycles. The Balaban J connectivity index is 1.48. The summed E-state index contributed by atoms with van der Waals surface area (Å²) in [5, 5.41) is 2.51. The van der Waals surface area contributed by atoms with Gasteiger partial charge >= 0.3 is 12.0 Å². The molecule has 1 atom stereocenters. The molecule has 32 heavy (non-hydrogen) atoms. The summed E-state index contributed by atoms with van der Waals surface area (Å²) in [7, 11) is -3.83. The van der Waals surface area contributed by atoms with Crippen LogP contribution < -0.4 is 5.32 Å². The fourth-order valence-corrected chi connectivity index (χ4v) is 5.25. The molecule has 0 saturated carbocycles. The molecule has 1 saturated heterocycles. The number of nitrogens with one attached hydrogen (secondary N) is 1. The van der Waals surface area contributed by atoms with Crippen LogP contribution in [0.25, 0.3) is 0 Å². The molecule has 0 unspecified atom stereocenters. The van der Waals surface area contributed by atoms with Crippen LogP contribution in [0.3, 0.4) is 0 Å². The van der Waals surface area contributed by atoms with Crippen LogP contribution in [0.1, 0.15) is 28.4 Å². The van der Waals surface area contributed by atoms with Crippen LogP contribution in [-0.4, -0.2) is 61.3 Å². The minimum Gasteiger partial charge on any atom is -0.449 e. The molecule has 9 nitrogen and oxygen atoms in total. The van der Waals surface area contributed by atoms with Crippen LogP contribution >= 0.6 is 0 Å². The number of benzene rings is 2. The van der Waals surface area contributed by atoms with E-state index in [-0.39, 0.29) is 23.5 Å². The third-order valence-electron chi connectivity index (χ3n) is 5.56. The van der Waals surface area contributed by atoms with E-state index >= 15 is 0 Å². The Hall–Kier alpha value is -3.24. The first-order chi connectivity index (χ1) is 15.3. The Morgan fingerprint density at radius 3 is 2.53 bits per heavy atom. The standard InChI is InChI=1S/C22H23N3O6S/c1-15(20(26)25-12-10-23-22(25)28)31-21(27)17-7-4-8-19(13-17)32(29,30)24-11-9-16-5-2-3-6-18(16)14-24/h2-8,13,15H,9-12,14H2,1H3,(H,23,28)/t15-/m0/s1. The molecular formula is C22H23N3O6S. The van der Waals surface area contributed by atoms with E-state index < -0.39 is 34.0 Å². The summed E-state index contributed by atoms with van der Waals surface area (Å²) in [4.78, 5) is 37.5. The summed E-state index contributed by atoms with van der Waals surface area (Å²) in [6, 6.07) is 12.7. The van der Waals surface area contributed by atoms with Crippen LogP contribution in [0.5, 0.6) is 0 Å². The number of carbonyl (C=O) groups excluding carboxylic acids is 3. The molecule has 0 bridgehead atoms. The maximum Gasteiger partial charge on any atom is 0.338 e. The highest BCUT2D eigenvalue weighted by Crippen LogP contribution is 2.25. The van der Waals surface area contributed by atoms with Crippen molar-refractivity contribution in [1.29, 1.82) is 0 Å². The predicted octanol–water partition coefficient (Wildman–Crippen LogP) is 1.53. The number of urea groups is 1. The van der Waals surface area contributed by atoms with E-state index in [4.69, 9.17) is 4.74 Å². The number of carbonyl (C=O) groups is 3. The molecule has 4 rings (SSSR count). The summed E-state index contributed by atoms with van der Waals surface area (Å²) in [5.74, 6) is -1.48. The molecule has 168 valence electrons. The van der Waals surface area contributed by atoms with Crippen LogP contribution in [0.2, 0.25) is 0 Å². The summed E-state index contributed by atoms with van der Waals surface area (Å²) >= 11 is 0. The third kappa shape index (κ3) is 4.23. The fourth-order valence-electron chi connectivity index (χ4n) is 3.79. The molecule has 1 N–H and O–H groups in total. The SMILES string of the molecule is C[C@H](OC(=O)c1cccc(S(=O)(=O)N2CCc3ccccc3C2)c1)C(=O)N1CCNC1=O. The van der Waals surface area contributed by atoms with Gasteiger partial charge in [-0.2, -0.15) is 4.31 Å². The molecule has 3 amide bonds. The molecule has 2 aliphatic heterocycles. The quantitative estimate of drug-likeness (QED) is 0.682. The van der Waals surface area contributed by atoms with Crippen LogP contribution in [0.15, 0.2) is 53.4 Å². The number of rotatable bonds is 5. The van der Waals surface area contributed by atoms with E-state index in [0.29, 0.717) is 19.5 Å². The lowest BCUT2D eigenvalue weighted by molar-refractivity contribution is -0.136. The molecule has 2 aliphatic rings. The molecular weight excluding hydrogens is 434 g/mol. The topological polar surface area (TPSA) is 113 Å². The Labute approximate surface area is 186 Å². The zero-order chi connectivity index (χ0) is 22.9. The van der Waals surface area contributed by atoms with Gasteiger partial charge in [-0.3, -0.25) is 9.69 Å². The number of ether oxygens (including phenoxy) is 1. The van der Waals surface area contributed by atoms with Gasteiger partial charge in [0.2, 0.25) is 10.0 Å². The van der Waals surface area contributed by atoms with E-state index in [1.807, 2.05) is 24.3 Å². The van der Waals surface area contributed by atoms with Crippen molar-refractivity contribution in [2.75, 3.05) is 19.6 Å². The molecule has 0 radical (unpaired) electrons. The molecule has 0 aliphatic carbocycles. The molecule has 1 fully saturated rings. The van der Waals surface area contributed by atoms with E-state index in [1.54, 1.807) is 0 Å². The number of imide groups is 1. The van der Waals surface area contributed by atoms with E-state index in [9.17, 15) is 22.8 Å². The van der Waals surface area contributed by atoms with E-state index in [2.05, 4.69) is 5.32 Å². The second-order valence-corrected chi connectivity index (χ2v) is 9.59. The molecule has 0 aromatic heterocycles. The maximum atomic E-state index is 13.2. The predicted molar refractivity (Wildman–Crippen MR) is 114 cm³/mol. The highest BCUT2D eigenvalue weighted by molar-refractivity contribution is 7.89. The number of fused-ring (bicyclic) bond motifs is 1. The minimum atomic E-state index is -3.83. The van der Waals surface area contributed by atoms with Crippen molar-refractivity contribution >= 4 is 27.9 Å². The lowest BCUT2D eigenvalue weighted by atomic mass is 10.0. The molecule has 0 spiro atoms. The van der Waals surface area contributed by atoms with Gasteiger partial charge in [0.25, 0.3) is 5.91 Å². The average Bonchev–Trinajstić information content (AvgIpc) is 3.23. The van der Waals surface area contributed by atoms with Crippen molar-refractivity contribution < 1.29 is 27.5 Å². The number of hydrogen-bond acceptors (Lipinski definition) is 6. The number of esters is 1. The summed E-state index contributed by atoms with van der Waals surface area (Å²) in [6.45, 7) is 2.52. The Kier molecular flexibility index (Phi) is 5.98. The first-order valence-corrected chi connectivity index (χ1v) is 11.7. The smallest absolute Gasteiger partial charge is 0.338 e. The van der Waals surface area contributed by atoms with Crippen LogP contribution in [-0.2, 0) is 32.5 Å². The van der Waals surface area contributed by atoms with Gasteiger partial charge in [-0.1, -0.05) is 30.3 Å². The lowest BCUT2D eigenvalue weighted by Gasteiger charge is -2.28. The number of hydrogen-bond donors (Lipinski definition) is 1. The second-order valence-electron chi connectivity index (χ2n) is 7.65. The Morgan fingerprint density at radius 2 is 1.81 bits per heavy atom. The van der Waals surface area contributed by atoms with Gasteiger partial charge in [-0.05, 0) is 42.7 Å². The zero-order valence-corrected chi connectivity index (χ0v) is 18.3. The maximum absolute atomic E-state index is 13.2. The minimum absolute atomic E-state index is 0.00834. The van der Waals surface area contributed by atoms with Crippen molar-refractivity contribution in [1.82, 2.24) is 14.5 Å².